The van der Waals surface area contributed by atoms with Gasteiger partial charge in [-0.15, -0.1) is 11.6 Å². The van der Waals surface area contributed by atoms with Crippen LogP contribution in [0.1, 0.15) is 50.5 Å². The molecule has 0 saturated heterocycles. The van der Waals surface area contributed by atoms with Crippen molar-refractivity contribution in [2.75, 3.05) is 0 Å². The van der Waals surface area contributed by atoms with Gasteiger partial charge in [-0.05, 0) is 49.7 Å². The fraction of sp³-hybridized carbons (Fsp3) is 0.588. The largest absolute Gasteiger partial charge is 0.323 e. The van der Waals surface area contributed by atoms with Gasteiger partial charge in [-0.2, -0.15) is 0 Å². The lowest BCUT2D eigenvalue weighted by Crippen LogP contribution is -2.26. The van der Waals surface area contributed by atoms with Gasteiger partial charge in [0.25, 0.3) is 0 Å². The quantitative estimate of drug-likeness (QED) is 0.705. The van der Waals surface area contributed by atoms with Crippen molar-refractivity contribution in [3.63, 3.8) is 0 Å². The highest BCUT2D eigenvalue weighted by Gasteiger charge is 2.29. The molecule has 0 bridgehead atoms. The lowest BCUT2D eigenvalue weighted by molar-refractivity contribution is 0.208. The number of alkyl halides is 1. The summed E-state index contributed by atoms with van der Waals surface area (Å²) in [6, 6.07) is 6.91. The average Bonchev–Trinajstić information content (AvgIpc) is 2.79. The molecule has 1 aromatic heterocycles. The molecule has 0 amide bonds. The third-order valence-electron chi connectivity index (χ3n) is 4.82. The predicted octanol–water partition coefficient (Wildman–Crippen LogP) is 5.08. The number of halogens is 1. The summed E-state index contributed by atoms with van der Waals surface area (Å²) in [4.78, 5) is 4.75. The first-order valence-electron chi connectivity index (χ1n) is 7.64. The fourth-order valence-corrected chi connectivity index (χ4v) is 4.04. The Balaban J connectivity index is 2.14. The molecule has 2 aromatic rings. The number of hydrogen-bond donors (Lipinski definition) is 0. The number of imidazole rings is 1. The maximum Gasteiger partial charge on any atom is 0.125 e. The summed E-state index contributed by atoms with van der Waals surface area (Å²) < 4.78 is 2.44. The lowest BCUT2D eigenvalue weighted by atomic mass is 9.79. The Morgan fingerprint density at radius 2 is 2.10 bits per heavy atom. The molecule has 1 aliphatic rings. The van der Waals surface area contributed by atoms with Gasteiger partial charge >= 0.3 is 0 Å². The minimum atomic E-state index is 0.493. The van der Waals surface area contributed by atoms with Gasteiger partial charge in [0, 0.05) is 6.04 Å². The van der Waals surface area contributed by atoms with E-state index in [1.54, 1.807) is 0 Å². The highest BCUT2D eigenvalue weighted by Crippen LogP contribution is 2.39. The normalized spacial score (nSPS) is 27.1. The zero-order chi connectivity index (χ0) is 14.3. The third-order valence-corrected chi connectivity index (χ3v) is 5.06. The molecule has 3 atom stereocenters. The van der Waals surface area contributed by atoms with Crippen LogP contribution in [0.25, 0.3) is 11.0 Å². The van der Waals surface area contributed by atoms with Gasteiger partial charge in [-0.1, -0.05) is 26.0 Å². The molecule has 1 heterocycles. The van der Waals surface area contributed by atoms with Crippen LogP contribution in [-0.2, 0) is 5.88 Å². The summed E-state index contributed by atoms with van der Waals surface area (Å²) in [5.74, 6) is 3.06. The molecular weight excluding hydrogens is 268 g/mol. The van der Waals surface area contributed by atoms with Crippen LogP contribution in [0.3, 0.4) is 0 Å². The zero-order valence-electron chi connectivity index (χ0n) is 12.6. The van der Waals surface area contributed by atoms with E-state index < -0.39 is 0 Å². The molecule has 0 N–H and O–H groups in total. The average molecular weight is 291 g/mol. The van der Waals surface area contributed by atoms with Crippen molar-refractivity contribution in [3.05, 3.63) is 29.6 Å². The van der Waals surface area contributed by atoms with E-state index in [4.69, 9.17) is 16.6 Å². The predicted molar refractivity (Wildman–Crippen MR) is 85.2 cm³/mol. The Labute approximate surface area is 126 Å². The maximum atomic E-state index is 6.17. The number of rotatable bonds is 2. The van der Waals surface area contributed by atoms with E-state index in [1.807, 2.05) is 0 Å². The molecule has 1 aromatic carbocycles. The van der Waals surface area contributed by atoms with Crippen molar-refractivity contribution >= 4 is 22.6 Å². The summed E-state index contributed by atoms with van der Waals surface area (Å²) >= 11 is 6.17. The Bertz CT molecular complexity index is 617. The van der Waals surface area contributed by atoms with E-state index in [2.05, 4.69) is 43.5 Å². The standard InChI is InChI=1S/C17H23ClN2/c1-11-7-8-15(13(3)9-11)20-16(10-18)19-14-6-4-5-12(2)17(14)20/h4-6,11,13,15H,7-10H2,1-3H3. The molecule has 0 spiro atoms. The summed E-state index contributed by atoms with van der Waals surface area (Å²) in [5.41, 5.74) is 3.68. The van der Waals surface area contributed by atoms with Gasteiger partial charge < -0.3 is 4.57 Å². The molecule has 3 unspecified atom stereocenters. The summed E-state index contributed by atoms with van der Waals surface area (Å²) in [6.07, 6.45) is 3.85. The van der Waals surface area contributed by atoms with E-state index in [0.717, 1.165) is 17.3 Å². The summed E-state index contributed by atoms with van der Waals surface area (Å²) in [5, 5.41) is 0. The van der Waals surface area contributed by atoms with Crippen LogP contribution in [0, 0.1) is 18.8 Å². The first-order valence-corrected chi connectivity index (χ1v) is 8.17. The number of benzene rings is 1. The second-order valence-corrected chi connectivity index (χ2v) is 6.70. The van der Waals surface area contributed by atoms with Crippen LogP contribution in [0.2, 0.25) is 0 Å². The van der Waals surface area contributed by atoms with E-state index in [0.29, 0.717) is 17.8 Å². The first kappa shape index (κ1) is 13.9. The smallest absolute Gasteiger partial charge is 0.125 e. The zero-order valence-corrected chi connectivity index (χ0v) is 13.3. The van der Waals surface area contributed by atoms with Crippen LogP contribution >= 0.6 is 11.6 Å². The first-order chi connectivity index (χ1) is 9.61. The molecule has 1 fully saturated rings. The van der Waals surface area contributed by atoms with Crippen molar-refractivity contribution in [2.45, 2.75) is 52.0 Å². The molecular formula is C17H23ClN2. The van der Waals surface area contributed by atoms with Gasteiger partial charge in [0.15, 0.2) is 0 Å². The fourth-order valence-electron chi connectivity index (χ4n) is 3.85. The molecule has 3 heteroatoms. The van der Waals surface area contributed by atoms with E-state index in [1.165, 1.54) is 30.3 Å². The van der Waals surface area contributed by atoms with Crippen molar-refractivity contribution in [1.82, 2.24) is 9.55 Å². The molecule has 2 nitrogen and oxygen atoms in total. The monoisotopic (exact) mass is 290 g/mol. The number of aryl methyl sites for hydroxylation is 1. The van der Waals surface area contributed by atoms with Crippen molar-refractivity contribution in [2.24, 2.45) is 11.8 Å². The van der Waals surface area contributed by atoms with Crippen molar-refractivity contribution in [3.8, 4) is 0 Å². The van der Waals surface area contributed by atoms with Gasteiger partial charge in [0.05, 0.1) is 16.9 Å². The number of aromatic nitrogens is 2. The van der Waals surface area contributed by atoms with Crippen LogP contribution in [0.5, 0.6) is 0 Å². The lowest BCUT2D eigenvalue weighted by Gasteiger charge is -2.35. The van der Waals surface area contributed by atoms with Gasteiger partial charge in [-0.25, -0.2) is 4.98 Å². The highest BCUT2D eigenvalue weighted by molar-refractivity contribution is 6.16. The minimum absolute atomic E-state index is 0.493. The molecule has 0 aliphatic heterocycles. The van der Waals surface area contributed by atoms with E-state index >= 15 is 0 Å². The molecule has 0 radical (unpaired) electrons. The van der Waals surface area contributed by atoms with Crippen molar-refractivity contribution < 1.29 is 0 Å². The second kappa shape index (κ2) is 5.40. The Morgan fingerprint density at radius 1 is 1.30 bits per heavy atom. The topological polar surface area (TPSA) is 17.8 Å². The van der Waals surface area contributed by atoms with E-state index in [-0.39, 0.29) is 0 Å². The van der Waals surface area contributed by atoms with Crippen LogP contribution in [0.4, 0.5) is 0 Å². The molecule has 108 valence electrons. The maximum absolute atomic E-state index is 6.17. The SMILES string of the molecule is Cc1cccc2nc(CCl)n(C3CCC(C)CC3C)c12. The van der Waals surface area contributed by atoms with Gasteiger partial charge in [0.1, 0.15) is 5.82 Å². The molecule has 1 aliphatic carbocycles. The van der Waals surface area contributed by atoms with E-state index in [9.17, 15) is 0 Å². The van der Waals surface area contributed by atoms with Gasteiger partial charge in [0.2, 0.25) is 0 Å². The second-order valence-electron chi connectivity index (χ2n) is 6.44. The number of hydrogen-bond acceptors (Lipinski definition) is 1. The molecule has 3 rings (SSSR count). The van der Waals surface area contributed by atoms with Crippen LogP contribution < -0.4 is 0 Å². The number of fused-ring (bicyclic) bond motifs is 1. The summed E-state index contributed by atoms with van der Waals surface area (Å²) in [6.45, 7) is 6.92. The Morgan fingerprint density at radius 3 is 2.80 bits per heavy atom. The molecule has 20 heavy (non-hydrogen) atoms. The van der Waals surface area contributed by atoms with Crippen molar-refractivity contribution in [1.29, 1.82) is 0 Å². The summed E-state index contributed by atoms with van der Waals surface area (Å²) in [7, 11) is 0. The molecule has 1 saturated carbocycles. The Kier molecular flexibility index (Phi) is 3.76. The minimum Gasteiger partial charge on any atom is -0.323 e. The number of nitrogens with zero attached hydrogens (tertiary/aromatic N) is 2. The number of para-hydroxylation sites is 1. The van der Waals surface area contributed by atoms with Gasteiger partial charge in [-0.3, -0.25) is 0 Å². The highest BCUT2D eigenvalue weighted by atomic mass is 35.5. The Hall–Kier alpha value is -1.02. The third kappa shape index (κ3) is 2.24. The van der Waals surface area contributed by atoms with Crippen LogP contribution in [-0.4, -0.2) is 9.55 Å². The van der Waals surface area contributed by atoms with Crippen LogP contribution in [0.15, 0.2) is 18.2 Å².